The molecule has 0 bridgehead atoms. The molecule has 1 aliphatic carbocycles. The summed E-state index contributed by atoms with van der Waals surface area (Å²) >= 11 is 0. The summed E-state index contributed by atoms with van der Waals surface area (Å²) < 4.78 is 0. The number of nitrogens with one attached hydrogen (secondary N) is 1. The summed E-state index contributed by atoms with van der Waals surface area (Å²) in [4.78, 5) is 2.47. The van der Waals surface area contributed by atoms with E-state index in [1.165, 1.54) is 18.5 Å². The molecule has 0 spiro atoms. The summed E-state index contributed by atoms with van der Waals surface area (Å²) in [5, 5.41) is 22.9. The number of likely N-dealkylation sites (N-methyl/N-ethyl adjacent to an activating group) is 1. The van der Waals surface area contributed by atoms with Crippen LogP contribution < -0.4 is 5.32 Å². The van der Waals surface area contributed by atoms with Gasteiger partial charge < -0.3 is 15.3 Å². The third kappa shape index (κ3) is 3.91. The van der Waals surface area contributed by atoms with Gasteiger partial charge in [0.15, 0.2) is 0 Å². The van der Waals surface area contributed by atoms with Crippen LogP contribution in [0.4, 0.5) is 5.82 Å². The van der Waals surface area contributed by atoms with E-state index in [1.807, 2.05) is 12.1 Å². The number of benzene rings is 1. The number of aromatic hydroxyl groups is 1. The number of aromatic nitrogens is 2. The van der Waals surface area contributed by atoms with E-state index in [9.17, 15) is 5.11 Å². The smallest absolute Gasteiger partial charge is 0.149 e. The van der Waals surface area contributed by atoms with E-state index < -0.39 is 0 Å². The van der Waals surface area contributed by atoms with Crippen LogP contribution in [0.3, 0.4) is 0 Å². The summed E-state index contributed by atoms with van der Waals surface area (Å²) in [6.07, 6.45) is 10.1. The number of terminal acetylenes is 1. The first kappa shape index (κ1) is 17.8. The maximum atomic E-state index is 10.4. The number of rotatable bonds is 5. The van der Waals surface area contributed by atoms with E-state index in [0.717, 1.165) is 43.9 Å². The van der Waals surface area contributed by atoms with Crippen molar-refractivity contribution in [3.05, 3.63) is 35.4 Å². The maximum Gasteiger partial charge on any atom is 0.149 e. The summed E-state index contributed by atoms with van der Waals surface area (Å²) in [5.41, 5.74) is 3.29. The van der Waals surface area contributed by atoms with Gasteiger partial charge in [0.25, 0.3) is 0 Å². The highest BCUT2D eigenvalue weighted by molar-refractivity contribution is 5.72. The van der Waals surface area contributed by atoms with Crippen LogP contribution in [0.5, 0.6) is 5.75 Å². The molecule has 2 aromatic rings. The zero-order valence-electron chi connectivity index (χ0n) is 15.8. The molecule has 1 aliphatic heterocycles. The summed E-state index contributed by atoms with van der Waals surface area (Å²) in [6, 6.07) is 7.82. The minimum absolute atomic E-state index is 0.160. The Kier molecular flexibility index (Phi) is 5.00. The van der Waals surface area contributed by atoms with Gasteiger partial charge >= 0.3 is 0 Å². The number of hydrogen-bond donors (Lipinski definition) is 2. The lowest BCUT2D eigenvalue weighted by Crippen LogP contribution is -2.42. The van der Waals surface area contributed by atoms with Gasteiger partial charge in [0, 0.05) is 23.7 Å². The van der Waals surface area contributed by atoms with Crippen LogP contribution in [0.25, 0.3) is 11.3 Å². The van der Waals surface area contributed by atoms with Crippen LogP contribution in [-0.2, 0) is 0 Å². The predicted octanol–water partition coefficient (Wildman–Crippen LogP) is 3.60. The zero-order valence-corrected chi connectivity index (χ0v) is 15.8. The standard InChI is InChI=1S/C22H26N4O/c1-3-15-7-10-18(20(27)12-15)22-19(16-8-9-16)13-21(24-25-22)23-17-6-5-11-26(4-2)14-17/h1,7,10,12-13,16-17,27H,4-6,8-9,11,14H2,2H3,(H,23,24)/t17-/m1/s1. The van der Waals surface area contributed by atoms with Gasteiger partial charge in [0.2, 0.25) is 0 Å². The molecule has 1 atom stereocenters. The van der Waals surface area contributed by atoms with Crippen molar-refractivity contribution in [1.82, 2.24) is 15.1 Å². The Labute approximate surface area is 160 Å². The molecule has 2 N–H and O–H groups in total. The molecular weight excluding hydrogens is 336 g/mol. The number of anilines is 1. The van der Waals surface area contributed by atoms with Gasteiger partial charge in [-0.1, -0.05) is 12.8 Å². The van der Waals surface area contributed by atoms with Crippen LogP contribution in [0.2, 0.25) is 0 Å². The molecule has 5 nitrogen and oxygen atoms in total. The topological polar surface area (TPSA) is 61.3 Å². The van der Waals surface area contributed by atoms with Crippen molar-refractivity contribution >= 4 is 5.82 Å². The van der Waals surface area contributed by atoms with Crippen LogP contribution >= 0.6 is 0 Å². The lowest BCUT2D eigenvalue weighted by atomic mass is 10.0. The first-order valence-electron chi connectivity index (χ1n) is 9.84. The Balaban J connectivity index is 1.60. The Hall–Kier alpha value is -2.58. The normalized spacial score (nSPS) is 20.2. The molecule has 1 aromatic carbocycles. The molecule has 27 heavy (non-hydrogen) atoms. The monoisotopic (exact) mass is 362 g/mol. The second-order valence-electron chi connectivity index (χ2n) is 7.56. The molecule has 0 amide bonds. The van der Waals surface area contributed by atoms with Crippen molar-refractivity contribution in [3.63, 3.8) is 0 Å². The fourth-order valence-corrected chi connectivity index (χ4v) is 3.88. The minimum atomic E-state index is 0.160. The molecule has 2 aliphatic rings. The number of hydrogen-bond acceptors (Lipinski definition) is 5. The second kappa shape index (κ2) is 7.58. The summed E-state index contributed by atoms with van der Waals surface area (Å²) in [6.45, 7) is 5.52. The molecule has 0 unspecified atom stereocenters. The molecule has 2 heterocycles. The van der Waals surface area contributed by atoms with Crippen molar-refractivity contribution in [2.45, 2.75) is 44.6 Å². The zero-order chi connectivity index (χ0) is 18.8. The maximum absolute atomic E-state index is 10.4. The summed E-state index contributed by atoms with van der Waals surface area (Å²) in [5.74, 6) is 4.05. The van der Waals surface area contributed by atoms with Crippen LogP contribution in [0, 0.1) is 12.3 Å². The van der Waals surface area contributed by atoms with Crippen molar-refractivity contribution in [2.24, 2.45) is 0 Å². The SMILES string of the molecule is C#Cc1ccc(-c2nnc(N[C@@H]3CCCN(CC)C3)cc2C2CC2)c(O)c1. The highest BCUT2D eigenvalue weighted by Crippen LogP contribution is 2.45. The van der Waals surface area contributed by atoms with Gasteiger partial charge in [0.05, 0.1) is 0 Å². The Morgan fingerprint density at radius 3 is 2.81 bits per heavy atom. The molecule has 4 rings (SSSR count). The average Bonchev–Trinajstić information content (AvgIpc) is 3.53. The van der Waals surface area contributed by atoms with Gasteiger partial charge in [-0.15, -0.1) is 16.6 Å². The molecule has 0 radical (unpaired) electrons. The predicted molar refractivity (Wildman–Crippen MR) is 108 cm³/mol. The van der Waals surface area contributed by atoms with E-state index in [-0.39, 0.29) is 5.75 Å². The molecular formula is C22H26N4O. The highest BCUT2D eigenvalue weighted by atomic mass is 16.3. The number of piperidine rings is 1. The number of nitrogens with zero attached hydrogens (tertiary/aromatic N) is 3. The van der Waals surface area contributed by atoms with Crippen molar-refractivity contribution in [3.8, 4) is 29.4 Å². The lowest BCUT2D eigenvalue weighted by Gasteiger charge is -2.32. The molecule has 1 saturated heterocycles. The molecule has 140 valence electrons. The number of phenolic OH excluding ortho intramolecular Hbond substituents is 1. The lowest BCUT2D eigenvalue weighted by molar-refractivity contribution is 0.226. The third-order valence-corrected chi connectivity index (χ3v) is 5.56. The Morgan fingerprint density at radius 1 is 1.26 bits per heavy atom. The second-order valence-corrected chi connectivity index (χ2v) is 7.56. The number of likely N-dealkylation sites (tertiary alicyclic amines) is 1. The molecule has 1 saturated carbocycles. The fourth-order valence-electron chi connectivity index (χ4n) is 3.88. The Bertz CT molecular complexity index is 869. The van der Waals surface area contributed by atoms with E-state index in [4.69, 9.17) is 6.42 Å². The average molecular weight is 362 g/mol. The van der Waals surface area contributed by atoms with E-state index in [1.54, 1.807) is 6.07 Å². The van der Waals surface area contributed by atoms with Crippen LogP contribution in [0.15, 0.2) is 24.3 Å². The largest absolute Gasteiger partial charge is 0.507 e. The van der Waals surface area contributed by atoms with Crippen molar-refractivity contribution in [2.75, 3.05) is 25.0 Å². The minimum Gasteiger partial charge on any atom is -0.507 e. The highest BCUT2D eigenvalue weighted by Gasteiger charge is 2.29. The van der Waals surface area contributed by atoms with Crippen molar-refractivity contribution in [1.29, 1.82) is 0 Å². The van der Waals surface area contributed by atoms with Crippen LogP contribution in [-0.4, -0.2) is 45.9 Å². The van der Waals surface area contributed by atoms with E-state index >= 15 is 0 Å². The Morgan fingerprint density at radius 2 is 2.11 bits per heavy atom. The van der Waals surface area contributed by atoms with Gasteiger partial charge in [-0.05, 0) is 74.5 Å². The van der Waals surface area contributed by atoms with Gasteiger partial charge in [0.1, 0.15) is 17.3 Å². The molecule has 5 heteroatoms. The fraction of sp³-hybridized carbons (Fsp3) is 0.455. The summed E-state index contributed by atoms with van der Waals surface area (Å²) in [7, 11) is 0. The van der Waals surface area contributed by atoms with Gasteiger partial charge in [-0.2, -0.15) is 0 Å². The molecule has 1 aromatic heterocycles. The van der Waals surface area contributed by atoms with E-state index in [2.05, 4.69) is 39.3 Å². The third-order valence-electron chi connectivity index (χ3n) is 5.56. The molecule has 2 fully saturated rings. The van der Waals surface area contributed by atoms with Crippen LogP contribution in [0.1, 0.15) is 49.7 Å². The number of phenols is 1. The first-order valence-corrected chi connectivity index (χ1v) is 9.84. The van der Waals surface area contributed by atoms with E-state index in [0.29, 0.717) is 23.1 Å². The van der Waals surface area contributed by atoms with Gasteiger partial charge in [-0.3, -0.25) is 0 Å². The quantitative estimate of drug-likeness (QED) is 0.796. The van der Waals surface area contributed by atoms with Gasteiger partial charge in [-0.25, -0.2) is 0 Å². The first-order chi connectivity index (χ1) is 13.2. The van der Waals surface area contributed by atoms with Crippen molar-refractivity contribution < 1.29 is 5.11 Å².